The Labute approximate surface area is 164 Å². The highest BCUT2D eigenvalue weighted by atomic mass is 32.2. The van der Waals surface area contributed by atoms with Gasteiger partial charge in [0.25, 0.3) is 5.91 Å². The molecule has 3 rings (SSSR count). The van der Waals surface area contributed by atoms with Crippen LogP contribution >= 0.6 is 11.3 Å². The molecule has 8 heteroatoms. The molecule has 0 atom stereocenters. The zero-order valence-corrected chi connectivity index (χ0v) is 17.7. The zero-order chi connectivity index (χ0) is 19.8. The third kappa shape index (κ3) is 4.39. The topological polar surface area (TPSA) is 79.4 Å². The number of rotatable bonds is 4. The molecule has 2 heterocycles. The van der Waals surface area contributed by atoms with Crippen LogP contribution in [0.3, 0.4) is 0 Å². The SMILES string of the molecule is CCS(=O)(=O)N1CCc2nc(NC(=O)c3ccc(C(C)(C)C)cc3)sc2C1. The number of hydrogen-bond donors (Lipinski definition) is 1. The van der Waals surface area contributed by atoms with Crippen molar-refractivity contribution >= 4 is 32.4 Å². The van der Waals surface area contributed by atoms with Crippen LogP contribution in [0.5, 0.6) is 0 Å². The summed E-state index contributed by atoms with van der Waals surface area (Å²) >= 11 is 1.35. The number of nitrogens with one attached hydrogen (secondary N) is 1. The lowest BCUT2D eigenvalue weighted by molar-refractivity contribution is 0.102. The molecule has 0 aliphatic carbocycles. The predicted molar refractivity (Wildman–Crippen MR) is 109 cm³/mol. The van der Waals surface area contributed by atoms with Gasteiger partial charge in [-0.1, -0.05) is 32.9 Å². The summed E-state index contributed by atoms with van der Waals surface area (Å²) in [6, 6.07) is 7.57. The Bertz CT molecular complexity index is 942. The van der Waals surface area contributed by atoms with Gasteiger partial charge in [-0.15, -0.1) is 11.3 Å². The Morgan fingerprint density at radius 1 is 1.26 bits per heavy atom. The van der Waals surface area contributed by atoms with Crippen LogP contribution in [0.4, 0.5) is 5.13 Å². The number of hydrogen-bond acceptors (Lipinski definition) is 5. The molecule has 0 radical (unpaired) electrons. The van der Waals surface area contributed by atoms with Crippen molar-refractivity contribution in [2.45, 2.75) is 46.1 Å². The molecule has 0 unspecified atom stereocenters. The predicted octanol–water partition coefficient (Wildman–Crippen LogP) is 3.40. The molecule has 1 amide bonds. The normalized spacial score (nSPS) is 15.4. The van der Waals surface area contributed by atoms with Crippen LogP contribution in [0.25, 0.3) is 0 Å². The molecule has 0 fully saturated rings. The Hall–Kier alpha value is -1.77. The summed E-state index contributed by atoms with van der Waals surface area (Å²) in [5.41, 5.74) is 2.65. The van der Waals surface area contributed by atoms with E-state index in [2.05, 4.69) is 31.1 Å². The minimum atomic E-state index is -3.21. The van der Waals surface area contributed by atoms with E-state index >= 15 is 0 Å². The highest BCUT2D eigenvalue weighted by Gasteiger charge is 2.28. The van der Waals surface area contributed by atoms with Gasteiger partial charge >= 0.3 is 0 Å². The van der Waals surface area contributed by atoms with E-state index in [9.17, 15) is 13.2 Å². The summed E-state index contributed by atoms with van der Waals surface area (Å²) < 4.78 is 25.6. The number of carbonyl (C=O) groups excluding carboxylic acids is 1. The summed E-state index contributed by atoms with van der Waals surface area (Å²) in [4.78, 5) is 17.9. The number of fused-ring (bicyclic) bond motifs is 1. The van der Waals surface area contributed by atoms with E-state index in [-0.39, 0.29) is 17.1 Å². The standard InChI is InChI=1S/C19H25N3O3S2/c1-5-27(24,25)22-11-10-15-16(12-22)26-18(20-15)21-17(23)13-6-8-14(9-7-13)19(2,3)4/h6-9H,5,10-12H2,1-4H3,(H,20,21,23). The zero-order valence-electron chi connectivity index (χ0n) is 16.1. The molecule has 1 aliphatic rings. The first kappa shape index (κ1) is 20.0. The van der Waals surface area contributed by atoms with Crippen LogP contribution in [0, 0.1) is 0 Å². The second kappa shape index (κ2) is 7.33. The molecule has 27 heavy (non-hydrogen) atoms. The minimum absolute atomic E-state index is 0.0358. The van der Waals surface area contributed by atoms with Crippen molar-refractivity contribution in [2.24, 2.45) is 0 Å². The summed E-state index contributed by atoms with van der Waals surface area (Å²) in [6.45, 7) is 8.81. The second-order valence-electron chi connectivity index (χ2n) is 7.65. The summed E-state index contributed by atoms with van der Waals surface area (Å²) in [5, 5.41) is 3.36. The van der Waals surface area contributed by atoms with E-state index in [1.54, 1.807) is 6.92 Å². The fraction of sp³-hybridized carbons (Fsp3) is 0.474. The fourth-order valence-corrected chi connectivity index (χ4v) is 5.10. The second-order valence-corrected chi connectivity index (χ2v) is 11.0. The summed E-state index contributed by atoms with van der Waals surface area (Å²) in [7, 11) is -3.21. The van der Waals surface area contributed by atoms with Crippen LogP contribution in [0.1, 0.15) is 54.2 Å². The van der Waals surface area contributed by atoms with E-state index in [0.717, 1.165) is 10.6 Å². The largest absolute Gasteiger partial charge is 0.298 e. The first-order chi connectivity index (χ1) is 12.6. The molecule has 0 spiro atoms. The highest BCUT2D eigenvalue weighted by Crippen LogP contribution is 2.30. The van der Waals surface area contributed by atoms with E-state index in [1.807, 2.05) is 24.3 Å². The van der Waals surface area contributed by atoms with E-state index in [0.29, 0.717) is 30.2 Å². The van der Waals surface area contributed by atoms with Crippen LogP contribution in [0.15, 0.2) is 24.3 Å². The molecule has 6 nitrogen and oxygen atoms in total. The number of sulfonamides is 1. The number of thiazole rings is 1. The summed E-state index contributed by atoms with van der Waals surface area (Å²) in [6.07, 6.45) is 0.571. The molecule has 0 saturated carbocycles. The van der Waals surface area contributed by atoms with Crippen molar-refractivity contribution in [2.75, 3.05) is 17.6 Å². The lowest BCUT2D eigenvalue weighted by Gasteiger charge is -2.24. The molecule has 1 aromatic heterocycles. The molecular weight excluding hydrogens is 382 g/mol. The number of amides is 1. The van der Waals surface area contributed by atoms with E-state index in [1.165, 1.54) is 21.2 Å². The lowest BCUT2D eigenvalue weighted by Crippen LogP contribution is -2.36. The van der Waals surface area contributed by atoms with Crippen molar-refractivity contribution in [1.82, 2.24) is 9.29 Å². The molecule has 2 aromatic rings. The number of aromatic nitrogens is 1. The molecule has 1 aromatic carbocycles. The maximum atomic E-state index is 12.5. The number of anilines is 1. The van der Waals surface area contributed by atoms with Gasteiger partial charge in [-0.25, -0.2) is 13.4 Å². The van der Waals surface area contributed by atoms with Crippen molar-refractivity contribution in [3.05, 3.63) is 46.0 Å². The maximum absolute atomic E-state index is 12.5. The quantitative estimate of drug-likeness (QED) is 0.842. The molecular formula is C19H25N3O3S2. The van der Waals surface area contributed by atoms with E-state index < -0.39 is 10.0 Å². The Morgan fingerprint density at radius 2 is 1.93 bits per heavy atom. The van der Waals surface area contributed by atoms with Crippen molar-refractivity contribution in [3.8, 4) is 0 Å². The number of nitrogens with zero attached hydrogens (tertiary/aromatic N) is 2. The molecule has 0 saturated heterocycles. The van der Waals surface area contributed by atoms with Gasteiger partial charge < -0.3 is 0 Å². The Balaban J connectivity index is 1.72. The smallest absolute Gasteiger partial charge is 0.257 e. The van der Waals surface area contributed by atoms with Crippen molar-refractivity contribution < 1.29 is 13.2 Å². The Kier molecular flexibility index (Phi) is 5.42. The van der Waals surface area contributed by atoms with Gasteiger partial charge in [0.1, 0.15) is 0 Å². The van der Waals surface area contributed by atoms with Crippen molar-refractivity contribution in [3.63, 3.8) is 0 Å². The van der Waals surface area contributed by atoms with Gasteiger partial charge in [0.05, 0.1) is 11.4 Å². The van der Waals surface area contributed by atoms with E-state index in [4.69, 9.17) is 0 Å². The van der Waals surface area contributed by atoms with Gasteiger partial charge in [0, 0.05) is 30.0 Å². The maximum Gasteiger partial charge on any atom is 0.257 e. The van der Waals surface area contributed by atoms with Gasteiger partial charge in [-0.2, -0.15) is 4.31 Å². The van der Waals surface area contributed by atoms with Crippen LogP contribution in [-0.4, -0.2) is 35.9 Å². The first-order valence-corrected chi connectivity index (χ1v) is 11.4. The third-order valence-corrected chi connectivity index (χ3v) is 7.51. The van der Waals surface area contributed by atoms with Gasteiger partial charge in [0.15, 0.2) is 5.13 Å². The molecule has 0 bridgehead atoms. The average Bonchev–Trinajstić information content (AvgIpc) is 3.02. The summed E-state index contributed by atoms with van der Waals surface area (Å²) in [5.74, 6) is -0.116. The lowest BCUT2D eigenvalue weighted by atomic mass is 9.87. The van der Waals surface area contributed by atoms with Crippen LogP contribution in [-0.2, 0) is 28.4 Å². The molecule has 1 aliphatic heterocycles. The van der Waals surface area contributed by atoms with Gasteiger partial charge in [0.2, 0.25) is 10.0 Å². The van der Waals surface area contributed by atoms with Crippen LogP contribution < -0.4 is 5.32 Å². The van der Waals surface area contributed by atoms with Crippen molar-refractivity contribution in [1.29, 1.82) is 0 Å². The number of carbonyl (C=O) groups is 1. The monoisotopic (exact) mass is 407 g/mol. The third-order valence-electron chi connectivity index (χ3n) is 4.69. The number of benzene rings is 1. The highest BCUT2D eigenvalue weighted by molar-refractivity contribution is 7.89. The fourth-order valence-electron chi connectivity index (χ4n) is 2.94. The minimum Gasteiger partial charge on any atom is -0.298 e. The van der Waals surface area contributed by atoms with Crippen LogP contribution in [0.2, 0.25) is 0 Å². The Morgan fingerprint density at radius 3 is 2.52 bits per heavy atom. The van der Waals surface area contributed by atoms with Gasteiger partial charge in [-0.05, 0) is 30.0 Å². The average molecular weight is 408 g/mol. The van der Waals surface area contributed by atoms with Gasteiger partial charge in [-0.3, -0.25) is 10.1 Å². The molecule has 146 valence electrons. The molecule has 1 N–H and O–H groups in total. The first-order valence-electron chi connectivity index (χ1n) is 8.98.